The van der Waals surface area contributed by atoms with Gasteiger partial charge in [0, 0.05) is 19.8 Å². The van der Waals surface area contributed by atoms with E-state index in [1.54, 1.807) is 12.1 Å². The normalized spacial score (nSPS) is 17.5. The van der Waals surface area contributed by atoms with Crippen molar-refractivity contribution >= 4 is 11.6 Å². The Balaban J connectivity index is 2.15. The average molecular weight is 300 g/mol. The van der Waals surface area contributed by atoms with E-state index in [1.165, 1.54) is 12.1 Å². The van der Waals surface area contributed by atoms with E-state index in [0.717, 1.165) is 0 Å². The van der Waals surface area contributed by atoms with Gasteiger partial charge < -0.3 is 20.5 Å². The Morgan fingerprint density at radius 1 is 1.38 bits per heavy atom. The number of carbonyl (C=O) groups excluding carboxylic acids is 1. The van der Waals surface area contributed by atoms with Crippen LogP contribution < -0.4 is 15.8 Å². The Hall–Kier alpha value is -1.73. The van der Waals surface area contributed by atoms with Gasteiger partial charge in [-0.25, -0.2) is 0 Å². The molecule has 116 valence electrons. The molecule has 1 aromatic rings. The number of alkyl halides is 2. The van der Waals surface area contributed by atoms with Crippen molar-refractivity contribution in [1.29, 1.82) is 0 Å². The third kappa shape index (κ3) is 3.68. The molecule has 2 rings (SSSR count). The first-order valence-corrected chi connectivity index (χ1v) is 6.70. The predicted molar refractivity (Wildman–Crippen MR) is 73.2 cm³/mol. The number of para-hydroxylation sites is 2. The highest BCUT2D eigenvalue weighted by molar-refractivity contribution is 5.96. The standard InChI is InChI=1S/C14H18F2N2O3/c15-13(16)21-11-4-2-1-3-10(11)18-12(19)14(9-17)5-7-20-8-6-14/h1-4,13H,5-9,17H2,(H,18,19). The number of hydrogen-bond donors (Lipinski definition) is 2. The van der Waals surface area contributed by atoms with Crippen molar-refractivity contribution in [2.24, 2.45) is 11.1 Å². The Kier molecular flexibility index (Phi) is 5.08. The minimum Gasteiger partial charge on any atom is -0.433 e. The summed E-state index contributed by atoms with van der Waals surface area (Å²) in [4.78, 5) is 12.5. The van der Waals surface area contributed by atoms with Crippen LogP contribution in [0.2, 0.25) is 0 Å². The molecular weight excluding hydrogens is 282 g/mol. The minimum absolute atomic E-state index is 0.0694. The lowest BCUT2D eigenvalue weighted by molar-refractivity contribution is -0.130. The lowest BCUT2D eigenvalue weighted by Crippen LogP contribution is -2.46. The molecule has 3 N–H and O–H groups in total. The van der Waals surface area contributed by atoms with Crippen molar-refractivity contribution in [3.05, 3.63) is 24.3 Å². The number of carbonyl (C=O) groups is 1. The first kappa shape index (κ1) is 15.7. The van der Waals surface area contributed by atoms with Crippen LogP contribution in [-0.4, -0.2) is 32.3 Å². The summed E-state index contributed by atoms with van der Waals surface area (Å²) in [6.45, 7) is -1.85. The van der Waals surface area contributed by atoms with Gasteiger partial charge in [0.2, 0.25) is 5.91 Å². The Morgan fingerprint density at radius 2 is 2.05 bits per heavy atom. The molecule has 1 aliphatic heterocycles. The molecule has 0 radical (unpaired) electrons. The first-order valence-electron chi connectivity index (χ1n) is 6.70. The summed E-state index contributed by atoms with van der Waals surface area (Å²) in [7, 11) is 0. The maximum Gasteiger partial charge on any atom is 0.387 e. The van der Waals surface area contributed by atoms with E-state index < -0.39 is 12.0 Å². The number of halogens is 2. The van der Waals surface area contributed by atoms with Gasteiger partial charge in [-0.15, -0.1) is 0 Å². The second-order valence-electron chi connectivity index (χ2n) is 4.93. The quantitative estimate of drug-likeness (QED) is 0.872. The number of anilines is 1. The van der Waals surface area contributed by atoms with E-state index in [1.807, 2.05) is 0 Å². The number of rotatable bonds is 5. The number of nitrogens with two attached hydrogens (primary N) is 1. The molecule has 21 heavy (non-hydrogen) atoms. The van der Waals surface area contributed by atoms with Crippen molar-refractivity contribution in [2.45, 2.75) is 19.5 Å². The van der Waals surface area contributed by atoms with E-state index in [4.69, 9.17) is 10.5 Å². The topological polar surface area (TPSA) is 73.6 Å². The number of ether oxygens (including phenoxy) is 2. The summed E-state index contributed by atoms with van der Waals surface area (Å²) in [5.74, 6) is -0.362. The van der Waals surface area contributed by atoms with Gasteiger partial charge in [0.05, 0.1) is 11.1 Å². The third-order valence-corrected chi connectivity index (χ3v) is 3.67. The summed E-state index contributed by atoms with van der Waals surface area (Å²) in [5, 5.41) is 2.64. The molecule has 1 amide bonds. The van der Waals surface area contributed by atoms with Crippen molar-refractivity contribution in [1.82, 2.24) is 0 Å². The van der Waals surface area contributed by atoms with Gasteiger partial charge >= 0.3 is 6.61 Å². The smallest absolute Gasteiger partial charge is 0.387 e. The number of nitrogens with one attached hydrogen (secondary N) is 1. The molecule has 0 aromatic heterocycles. The van der Waals surface area contributed by atoms with Gasteiger partial charge in [-0.05, 0) is 25.0 Å². The van der Waals surface area contributed by atoms with Crippen LogP contribution in [0.4, 0.5) is 14.5 Å². The summed E-state index contributed by atoms with van der Waals surface area (Å²) < 4.78 is 34.4. The summed E-state index contributed by atoms with van der Waals surface area (Å²) in [6.07, 6.45) is 1.01. The molecule has 1 heterocycles. The zero-order valence-corrected chi connectivity index (χ0v) is 11.5. The van der Waals surface area contributed by atoms with Gasteiger partial charge in [0.25, 0.3) is 0 Å². The van der Waals surface area contributed by atoms with Crippen LogP contribution in [0.15, 0.2) is 24.3 Å². The summed E-state index contributed by atoms with van der Waals surface area (Å²) in [6, 6.07) is 6.08. The fourth-order valence-corrected chi connectivity index (χ4v) is 2.31. The molecule has 7 heteroatoms. The maximum absolute atomic E-state index is 12.5. The van der Waals surface area contributed by atoms with E-state index >= 15 is 0 Å². The molecule has 1 aliphatic rings. The monoisotopic (exact) mass is 300 g/mol. The second-order valence-corrected chi connectivity index (χ2v) is 4.93. The Bertz CT molecular complexity index is 491. The first-order chi connectivity index (χ1) is 10.1. The van der Waals surface area contributed by atoms with Crippen LogP contribution in [0, 0.1) is 5.41 Å². The molecule has 1 aromatic carbocycles. The van der Waals surface area contributed by atoms with Crippen LogP contribution in [0.5, 0.6) is 5.75 Å². The van der Waals surface area contributed by atoms with E-state index in [9.17, 15) is 13.6 Å². The fourth-order valence-electron chi connectivity index (χ4n) is 2.31. The highest BCUT2D eigenvalue weighted by atomic mass is 19.3. The molecule has 0 atom stereocenters. The van der Waals surface area contributed by atoms with Crippen LogP contribution in [0.3, 0.4) is 0 Å². The van der Waals surface area contributed by atoms with Crippen molar-refractivity contribution in [3.63, 3.8) is 0 Å². The molecule has 1 saturated heterocycles. The lowest BCUT2D eigenvalue weighted by Gasteiger charge is -2.34. The number of amides is 1. The van der Waals surface area contributed by atoms with E-state index in [0.29, 0.717) is 26.1 Å². The number of benzene rings is 1. The van der Waals surface area contributed by atoms with Crippen LogP contribution >= 0.6 is 0 Å². The number of hydrogen-bond acceptors (Lipinski definition) is 4. The zero-order valence-electron chi connectivity index (χ0n) is 11.5. The largest absolute Gasteiger partial charge is 0.433 e. The van der Waals surface area contributed by atoms with Gasteiger partial charge in [0.15, 0.2) is 0 Å². The molecule has 5 nitrogen and oxygen atoms in total. The van der Waals surface area contributed by atoms with Gasteiger partial charge in [-0.1, -0.05) is 12.1 Å². The second kappa shape index (κ2) is 6.82. The van der Waals surface area contributed by atoms with Crippen molar-refractivity contribution < 1.29 is 23.0 Å². The molecule has 0 unspecified atom stereocenters. The van der Waals surface area contributed by atoms with Crippen LogP contribution in [0.1, 0.15) is 12.8 Å². The SMILES string of the molecule is NCC1(C(=O)Nc2ccccc2OC(F)F)CCOCC1. The van der Waals surface area contributed by atoms with Gasteiger partial charge in [-0.3, -0.25) is 4.79 Å². The predicted octanol–water partition coefficient (Wildman–Crippen LogP) is 1.98. The van der Waals surface area contributed by atoms with Gasteiger partial charge in [0.1, 0.15) is 5.75 Å². The molecule has 0 spiro atoms. The third-order valence-electron chi connectivity index (χ3n) is 3.67. The van der Waals surface area contributed by atoms with Gasteiger partial charge in [-0.2, -0.15) is 8.78 Å². The highest BCUT2D eigenvalue weighted by Gasteiger charge is 2.39. The van der Waals surface area contributed by atoms with E-state index in [-0.39, 0.29) is 23.9 Å². The fraction of sp³-hybridized carbons (Fsp3) is 0.500. The molecule has 0 saturated carbocycles. The van der Waals surface area contributed by atoms with Crippen molar-refractivity contribution in [3.8, 4) is 5.75 Å². The lowest BCUT2D eigenvalue weighted by atomic mass is 9.79. The summed E-state index contributed by atoms with van der Waals surface area (Å²) in [5.41, 5.74) is 5.23. The Labute approximate surface area is 121 Å². The van der Waals surface area contributed by atoms with E-state index in [2.05, 4.69) is 10.1 Å². The maximum atomic E-state index is 12.5. The molecular formula is C14H18F2N2O3. The average Bonchev–Trinajstić information content (AvgIpc) is 2.49. The molecule has 1 fully saturated rings. The van der Waals surface area contributed by atoms with Crippen LogP contribution in [0.25, 0.3) is 0 Å². The summed E-state index contributed by atoms with van der Waals surface area (Å²) >= 11 is 0. The highest BCUT2D eigenvalue weighted by Crippen LogP contribution is 2.33. The van der Waals surface area contributed by atoms with Crippen LogP contribution in [-0.2, 0) is 9.53 Å². The zero-order chi connectivity index (χ0) is 15.3. The Morgan fingerprint density at radius 3 is 2.67 bits per heavy atom. The van der Waals surface area contributed by atoms with Crippen molar-refractivity contribution in [2.75, 3.05) is 25.1 Å². The minimum atomic E-state index is -2.95. The molecule has 0 aliphatic carbocycles. The molecule has 0 bridgehead atoms.